The monoisotopic (exact) mass is 393 g/mol. The minimum absolute atomic E-state index is 0.325. The first kappa shape index (κ1) is 19.9. The zero-order chi connectivity index (χ0) is 19.9. The van der Waals surface area contributed by atoms with Crippen molar-refractivity contribution in [1.82, 2.24) is 10.2 Å². The molecule has 2 aromatic carbocycles. The number of hydrogen-bond acceptors (Lipinski definition) is 3. The van der Waals surface area contributed by atoms with Crippen LogP contribution in [-0.4, -0.2) is 43.8 Å². The first-order chi connectivity index (χ1) is 14.3. The Balaban J connectivity index is 1.31. The van der Waals surface area contributed by atoms with Gasteiger partial charge in [-0.15, -0.1) is 0 Å². The lowest BCUT2D eigenvalue weighted by Gasteiger charge is -2.31. The van der Waals surface area contributed by atoms with E-state index in [1.807, 2.05) is 7.05 Å². The van der Waals surface area contributed by atoms with Gasteiger partial charge in [0.1, 0.15) is 0 Å². The summed E-state index contributed by atoms with van der Waals surface area (Å²) < 4.78 is 11.5. The van der Waals surface area contributed by atoms with Crippen LogP contribution in [0.15, 0.2) is 53.5 Å². The van der Waals surface area contributed by atoms with E-state index in [4.69, 9.17) is 9.47 Å². The van der Waals surface area contributed by atoms with E-state index in [9.17, 15) is 0 Å². The fraction of sp³-hybridized carbons (Fsp3) is 0.458. The second-order valence-corrected chi connectivity index (χ2v) is 7.78. The highest BCUT2D eigenvalue weighted by Gasteiger charge is 2.18. The molecule has 1 saturated heterocycles. The van der Waals surface area contributed by atoms with Crippen molar-refractivity contribution in [3.8, 4) is 0 Å². The summed E-state index contributed by atoms with van der Waals surface area (Å²) in [7, 11) is 1.86. The van der Waals surface area contributed by atoms with Gasteiger partial charge in [-0.25, -0.2) is 0 Å². The maximum Gasteiger partial charge on any atom is 0.194 e. The molecule has 0 amide bonds. The van der Waals surface area contributed by atoms with E-state index < -0.39 is 0 Å². The first-order valence-corrected chi connectivity index (χ1v) is 10.6. The molecular weight excluding hydrogens is 362 g/mol. The van der Waals surface area contributed by atoms with Crippen molar-refractivity contribution in [2.24, 2.45) is 4.99 Å². The van der Waals surface area contributed by atoms with Crippen molar-refractivity contribution in [2.45, 2.75) is 45.1 Å². The summed E-state index contributed by atoms with van der Waals surface area (Å²) in [5.74, 6) is 0.961. The van der Waals surface area contributed by atoms with Crippen molar-refractivity contribution in [2.75, 3.05) is 26.8 Å². The molecule has 0 aliphatic carbocycles. The third kappa shape index (κ3) is 5.37. The third-order valence-corrected chi connectivity index (χ3v) is 5.74. The molecule has 1 fully saturated rings. The number of aliphatic imine (C=N–C) groups is 1. The van der Waals surface area contributed by atoms with Crippen LogP contribution in [0.1, 0.15) is 35.1 Å². The van der Waals surface area contributed by atoms with E-state index in [2.05, 4.69) is 63.7 Å². The quantitative estimate of drug-likeness (QED) is 0.624. The third-order valence-electron chi connectivity index (χ3n) is 5.74. The zero-order valence-electron chi connectivity index (χ0n) is 17.3. The lowest BCUT2D eigenvalue weighted by atomic mass is 10.0. The number of rotatable bonds is 5. The van der Waals surface area contributed by atoms with E-state index in [1.54, 1.807) is 0 Å². The number of hydrogen-bond donors (Lipinski definition) is 1. The number of guanidine groups is 1. The van der Waals surface area contributed by atoms with Crippen LogP contribution in [0, 0.1) is 0 Å². The number of nitrogens with zero attached hydrogens (tertiary/aromatic N) is 2. The highest BCUT2D eigenvalue weighted by molar-refractivity contribution is 5.80. The van der Waals surface area contributed by atoms with Crippen molar-refractivity contribution >= 4 is 5.96 Å². The molecule has 5 nitrogen and oxygen atoms in total. The molecule has 0 atom stereocenters. The fourth-order valence-corrected chi connectivity index (χ4v) is 4.08. The number of benzene rings is 2. The summed E-state index contributed by atoms with van der Waals surface area (Å²) in [4.78, 5) is 6.85. The Labute approximate surface area is 173 Å². The predicted octanol–water partition coefficient (Wildman–Crippen LogP) is 3.52. The zero-order valence-corrected chi connectivity index (χ0v) is 17.3. The molecule has 0 unspecified atom stereocenters. The lowest BCUT2D eigenvalue weighted by Crippen LogP contribution is -2.43. The van der Waals surface area contributed by atoms with Gasteiger partial charge in [0.05, 0.1) is 12.7 Å². The SMILES string of the molecule is CN=C(NCc1cccc(COC2CCOCC2)c1)N1CCc2ccccc2C1. The molecule has 2 aliphatic heterocycles. The fourth-order valence-electron chi connectivity index (χ4n) is 4.08. The van der Waals surface area contributed by atoms with Gasteiger partial charge in [0.2, 0.25) is 0 Å². The highest BCUT2D eigenvalue weighted by atomic mass is 16.5. The van der Waals surface area contributed by atoms with E-state index in [1.165, 1.54) is 22.3 Å². The lowest BCUT2D eigenvalue weighted by molar-refractivity contribution is -0.0390. The molecule has 5 heteroatoms. The van der Waals surface area contributed by atoms with E-state index in [-0.39, 0.29) is 0 Å². The minimum atomic E-state index is 0.325. The summed E-state index contributed by atoms with van der Waals surface area (Å²) in [6, 6.07) is 17.3. The summed E-state index contributed by atoms with van der Waals surface area (Å²) >= 11 is 0. The summed E-state index contributed by atoms with van der Waals surface area (Å²) in [5.41, 5.74) is 5.32. The Bertz CT molecular complexity index is 830. The molecule has 154 valence electrons. The van der Waals surface area contributed by atoms with E-state index >= 15 is 0 Å². The van der Waals surface area contributed by atoms with Gasteiger partial charge >= 0.3 is 0 Å². The molecular formula is C24H31N3O2. The van der Waals surface area contributed by atoms with Crippen LogP contribution in [0.25, 0.3) is 0 Å². The maximum atomic E-state index is 6.07. The highest BCUT2D eigenvalue weighted by Crippen LogP contribution is 2.19. The first-order valence-electron chi connectivity index (χ1n) is 10.6. The largest absolute Gasteiger partial charge is 0.381 e. The number of fused-ring (bicyclic) bond motifs is 1. The predicted molar refractivity (Wildman–Crippen MR) is 116 cm³/mol. The van der Waals surface area contributed by atoms with Crippen LogP contribution < -0.4 is 5.32 Å². The van der Waals surface area contributed by atoms with Gasteiger partial charge in [-0.05, 0) is 41.5 Å². The second-order valence-electron chi connectivity index (χ2n) is 7.78. The van der Waals surface area contributed by atoms with Gasteiger partial charge in [-0.2, -0.15) is 0 Å². The van der Waals surface area contributed by atoms with Crippen LogP contribution in [0.4, 0.5) is 0 Å². The van der Waals surface area contributed by atoms with Gasteiger partial charge in [0.15, 0.2) is 5.96 Å². The second kappa shape index (κ2) is 9.90. The molecule has 0 spiro atoms. The molecule has 2 heterocycles. The summed E-state index contributed by atoms with van der Waals surface area (Å²) in [5, 5.41) is 3.54. The van der Waals surface area contributed by atoms with Gasteiger partial charge in [-0.3, -0.25) is 4.99 Å². The van der Waals surface area contributed by atoms with E-state index in [0.717, 1.165) is 58.1 Å². The van der Waals surface area contributed by atoms with Gasteiger partial charge < -0.3 is 19.7 Å². The van der Waals surface area contributed by atoms with Crippen LogP contribution in [0.5, 0.6) is 0 Å². The van der Waals surface area contributed by atoms with Gasteiger partial charge in [0.25, 0.3) is 0 Å². The Kier molecular flexibility index (Phi) is 6.80. The molecule has 0 bridgehead atoms. The van der Waals surface area contributed by atoms with E-state index in [0.29, 0.717) is 12.7 Å². The molecule has 29 heavy (non-hydrogen) atoms. The Morgan fingerprint density at radius 3 is 2.72 bits per heavy atom. The Morgan fingerprint density at radius 1 is 1.10 bits per heavy atom. The van der Waals surface area contributed by atoms with Crippen molar-refractivity contribution < 1.29 is 9.47 Å². The summed E-state index contributed by atoms with van der Waals surface area (Å²) in [6.07, 6.45) is 3.38. The van der Waals surface area contributed by atoms with Crippen molar-refractivity contribution in [1.29, 1.82) is 0 Å². The molecule has 2 aliphatic rings. The van der Waals surface area contributed by atoms with Crippen LogP contribution >= 0.6 is 0 Å². The van der Waals surface area contributed by atoms with Crippen molar-refractivity contribution in [3.63, 3.8) is 0 Å². The standard InChI is InChI=1S/C24H31N3O2/c1-25-24(27-12-9-21-7-2-3-8-22(21)17-27)26-16-19-5-4-6-20(15-19)18-29-23-10-13-28-14-11-23/h2-8,15,23H,9-14,16-18H2,1H3,(H,25,26). The molecule has 2 aromatic rings. The summed E-state index contributed by atoms with van der Waals surface area (Å²) in [6.45, 7) is 4.96. The van der Waals surface area contributed by atoms with Crippen LogP contribution in [-0.2, 0) is 35.6 Å². The van der Waals surface area contributed by atoms with Crippen LogP contribution in [0.3, 0.4) is 0 Å². The smallest absolute Gasteiger partial charge is 0.194 e. The van der Waals surface area contributed by atoms with Crippen LogP contribution in [0.2, 0.25) is 0 Å². The normalized spacial score (nSPS) is 17.8. The van der Waals surface area contributed by atoms with Crippen molar-refractivity contribution in [3.05, 3.63) is 70.8 Å². The van der Waals surface area contributed by atoms with Gasteiger partial charge in [0, 0.05) is 39.9 Å². The Hall–Kier alpha value is -2.37. The average molecular weight is 394 g/mol. The Morgan fingerprint density at radius 2 is 1.90 bits per heavy atom. The molecule has 1 N–H and O–H groups in total. The average Bonchev–Trinajstić information content (AvgIpc) is 2.79. The maximum absolute atomic E-state index is 6.07. The molecule has 0 radical (unpaired) electrons. The molecule has 0 aromatic heterocycles. The number of ether oxygens (including phenoxy) is 2. The molecule has 4 rings (SSSR count). The number of nitrogens with one attached hydrogen (secondary N) is 1. The minimum Gasteiger partial charge on any atom is -0.381 e. The molecule has 0 saturated carbocycles. The topological polar surface area (TPSA) is 46.1 Å². The van der Waals surface area contributed by atoms with Gasteiger partial charge in [-0.1, -0.05) is 48.5 Å².